The number of rotatable bonds is 2. The Labute approximate surface area is 82.5 Å². The molecule has 15 heavy (non-hydrogen) atoms. The largest absolute Gasteiger partial charge is 0.478 e. The molecule has 0 aromatic carbocycles. The van der Waals surface area contributed by atoms with Gasteiger partial charge in [0.2, 0.25) is 0 Å². The Morgan fingerprint density at radius 3 is 2.93 bits per heavy atom. The summed E-state index contributed by atoms with van der Waals surface area (Å²) in [4.78, 5) is 27.2. The molecule has 0 bridgehead atoms. The Morgan fingerprint density at radius 1 is 1.60 bits per heavy atom. The lowest BCUT2D eigenvalue weighted by Gasteiger charge is -1.94. The molecule has 0 saturated carbocycles. The third kappa shape index (κ3) is 1.30. The van der Waals surface area contributed by atoms with Crippen LogP contribution in [-0.2, 0) is 0 Å². The smallest absolute Gasteiger partial charge is 0.338 e. The first-order valence-electron chi connectivity index (χ1n) is 3.95. The molecule has 76 valence electrons. The highest BCUT2D eigenvalue weighted by Crippen LogP contribution is 2.26. The topological polar surface area (TPSA) is 109 Å². The molecule has 0 aliphatic heterocycles. The number of carboxylic acids is 1. The second kappa shape index (κ2) is 3.05. The van der Waals surface area contributed by atoms with Gasteiger partial charge in [0.15, 0.2) is 0 Å². The van der Waals surface area contributed by atoms with E-state index in [9.17, 15) is 14.9 Å². The molecule has 2 rings (SSSR count). The van der Waals surface area contributed by atoms with Crippen LogP contribution in [0.3, 0.4) is 0 Å². The average Bonchev–Trinajstić information content (AvgIpc) is 2.60. The van der Waals surface area contributed by atoms with Crippen LogP contribution >= 0.6 is 0 Å². The van der Waals surface area contributed by atoms with Crippen molar-refractivity contribution in [2.75, 3.05) is 0 Å². The lowest BCUT2D eigenvalue weighted by molar-refractivity contribution is -0.383. The SMILES string of the molecule is O=C(O)c1c[nH]c2nccc([N+](=O)[O-])c12. The predicted octanol–water partition coefficient (Wildman–Crippen LogP) is 1.17. The minimum absolute atomic E-state index is 0.0231. The van der Waals surface area contributed by atoms with Crippen LogP contribution < -0.4 is 0 Å². The number of fused-ring (bicyclic) bond motifs is 1. The van der Waals surface area contributed by atoms with E-state index < -0.39 is 10.9 Å². The van der Waals surface area contributed by atoms with E-state index in [-0.39, 0.29) is 22.3 Å². The fourth-order valence-electron chi connectivity index (χ4n) is 1.36. The van der Waals surface area contributed by atoms with E-state index in [4.69, 9.17) is 5.11 Å². The minimum atomic E-state index is -1.22. The molecule has 0 radical (unpaired) electrons. The van der Waals surface area contributed by atoms with Crippen molar-refractivity contribution in [2.45, 2.75) is 0 Å². The average molecular weight is 207 g/mol. The van der Waals surface area contributed by atoms with E-state index in [0.717, 1.165) is 0 Å². The van der Waals surface area contributed by atoms with Gasteiger partial charge >= 0.3 is 5.97 Å². The minimum Gasteiger partial charge on any atom is -0.478 e. The van der Waals surface area contributed by atoms with Crippen molar-refractivity contribution in [1.29, 1.82) is 0 Å². The molecule has 0 saturated heterocycles. The molecule has 7 heteroatoms. The first-order valence-corrected chi connectivity index (χ1v) is 3.95. The second-order valence-corrected chi connectivity index (χ2v) is 2.82. The van der Waals surface area contributed by atoms with E-state index in [1.807, 2.05) is 0 Å². The van der Waals surface area contributed by atoms with Crippen LogP contribution in [0.25, 0.3) is 11.0 Å². The van der Waals surface area contributed by atoms with Crippen LogP contribution in [0, 0.1) is 10.1 Å². The van der Waals surface area contributed by atoms with Crippen LogP contribution in [0.4, 0.5) is 5.69 Å². The zero-order valence-electron chi connectivity index (χ0n) is 7.30. The number of nitro groups is 1. The number of nitrogens with zero attached hydrogens (tertiary/aromatic N) is 2. The summed E-state index contributed by atoms with van der Waals surface area (Å²) in [7, 11) is 0. The standard InChI is InChI=1S/C8H5N3O4/c12-8(13)4-3-10-7-6(4)5(11(14)15)1-2-9-7/h1-3H,(H,9,10)(H,12,13). The number of carbonyl (C=O) groups is 1. The lowest BCUT2D eigenvalue weighted by atomic mass is 10.2. The fourth-order valence-corrected chi connectivity index (χ4v) is 1.36. The third-order valence-electron chi connectivity index (χ3n) is 1.98. The number of hydrogen-bond acceptors (Lipinski definition) is 4. The van der Waals surface area contributed by atoms with Gasteiger partial charge in [0, 0.05) is 18.5 Å². The first kappa shape index (κ1) is 9.13. The van der Waals surface area contributed by atoms with Crippen LogP contribution in [0.5, 0.6) is 0 Å². The van der Waals surface area contributed by atoms with E-state index in [2.05, 4.69) is 9.97 Å². The zero-order valence-corrected chi connectivity index (χ0v) is 7.30. The monoisotopic (exact) mass is 207 g/mol. The van der Waals surface area contributed by atoms with Gasteiger partial charge in [-0.1, -0.05) is 0 Å². The van der Waals surface area contributed by atoms with E-state index in [1.165, 1.54) is 18.5 Å². The molecular weight excluding hydrogens is 202 g/mol. The molecule has 0 atom stereocenters. The van der Waals surface area contributed by atoms with Crippen LogP contribution in [0.2, 0.25) is 0 Å². The number of aromatic amines is 1. The maximum absolute atomic E-state index is 10.8. The molecule has 2 aromatic heterocycles. The second-order valence-electron chi connectivity index (χ2n) is 2.82. The van der Waals surface area contributed by atoms with Crippen molar-refractivity contribution in [3.8, 4) is 0 Å². The Balaban J connectivity index is 2.86. The molecular formula is C8H5N3O4. The Morgan fingerprint density at radius 2 is 2.33 bits per heavy atom. The lowest BCUT2D eigenvalue weighted by Crippen LogP contribution is -1.97. The number of aromatic carboxylic acids is 1. The molecule has 2 heterocycles. The van der Waals surface area contributed by atoms with Gasteiger partial charge in [-0.3, -0.25) is 10.1 Å². The van der Waals surface area contributed by atoms with Crippen molar-refractivity contribution in [1.82, 2.24) is 9.97 Å². The summed E-state index contributed by atoms with van der Waals surface area (Å²) in [6.45, 7) is 0. The van der Waals surface area contributed by atoms with Crippen molar-refractivity contribution in [3.63, 3.8) is 0 Å². The van der Waals surface area contributed by atoms with Crippen molar-refractivity contribution >= 4 is 22.7 Å². The van der Waals surface area contributed by atoms with E-state index in [1.54, 1.807) is 0 Å². The molecule has 0 amide bonds. The van der Waals surface area contributed by atoms with Gasteiger partial charge in [0.1, 0.15) is 11.0 Å². The van der Waals surface area contributed by atoms with E-state index in [0.29, 0.717) is 0 Å². The summed E-state index contributed by atoms with van der Waals surface area (Å²) < 4.78 is 0. The Hall–Kier alpha value is -2.44. The van der Waals surface area contributed by atoms with Crippen LogP contribution in [0.15, 0.2) is 18.5 Å². The number of nitrogens with one attached hydrogen (secondary N) is 1. The highest BCUT2D eigenvalue weighted by Gasteiger charge is 2.20. The molecule has 0 fully saturated rings. The Bertz CT molecular complexity index is 560. The van der Waals surface area contributed by atoms with Gasteiger partial charge in [0.25, 0.3) is 5.69 Å². The molecule has 0 aliphatic carbocycles. The zero-order chi connectivity index (χ0) is 11.0. The number of aromatic nitrogens is 2. The molecule has 0 spiro atoms. The van der Waals surface area contributed by atoms with Crippen LogP contribution in [-0.4, -0.2) is 26.0 Å². The molecule has 2 aromatic rings. The van der Waals surface area contributed by atoms with Gasteiger partial charge in [-0.15, -0.1) is 0 Å². The maximum atomic E-state index is 10.8. The number of carboxylic acid groups (broad SMARTS) is 1. The summed E-state index contributed by atoms with van der Waals surface area (Å²) in [5.41, 5.74) is -0.218. The summed E-state index contributed by atoms with van der Waals surface area (Å²) >= 11 is 0. The number of H-pyrrole nitrogens is 1. The third-order valence-corrected chi connectivity index (χ3v) is 1.98. The highest BCUT2D eigenvalue weighted by molar-refractivity contribution is 6.05. The molecule has 2 N–H and O–H groups in total. The normalized spacial score (nSPS) is 10.4. The van der Waals surface area contributed by atoms with Crippen LogP contribution in [0.1, 0.15) is 10.4 Å². The van der Waals surface area contributed by atoms with E-state index >= 15 is 0 Å². The molecule has 0 aliphatic rings. The quantitative estimate of drug-likeness (QED) is 0.567. The van der Waals surface area contributed by atoms with Gasteiger partial charge in [-0.05, 0) is 0 Å². The summed E-state index contributed by atoms with van der Waals surface area (Å²) in [6.07, 6.45) is 2.44. The van der Waals surface area contributed by atoms with Gasteiger partial charge in [-0.2, -0.15) is 0 Å². The fraction of sp³-hybridized carbons (Fsp3) is 0. The summed E-state index contributed by atoms with van der Waals surface area (Å²) in [5.74, 6) is -1.22. The highest BCUT2D eigenvalue weighted by atomic mass is 16.6. The number of pyridine rings is 1. The van der Waals surface area contributed by atoms with Gasteiger partial charge in [0.05, 0.1) is 10.5 Å². The van der Waals surface area contributed by atoms with Gasteiger partial charge < -0.3 is 10.1 Å². The van der Waals surface area contributed by atoms with Gasteiger partial charge in [-0.25, -0.2) is 9.78 Å². The molecule has 7 nitrogen and oxygen atoms in total. The maximum Gasteiger partial charge on any atom is 0.338 e. The Kier molecular flexibility index (Phi) is 1.86. The predicted molar refractivity (Wildman–Crippen MR) is 49.7 cm³/mol. The molecule has 0 unspecified atom stereocenters. The number of hydrogen-bond donors (Lipinski definition) is 2. The summed E-state index contributed by atoms with van der Waals surface area (Å²) in [6, 6.07) is 1.17. The summed E-state index contributed by atoms with van der Waals surface area (Å²) in [5, 5.41) is 19.5. The first-order chi connectivity index (χ1) is 7.11. The van der Waals surface area contributed by atoms with Crippen molar-refractivity contribution in [2.24, 2.45) is 0 Å². The van der Waals surface area contributed by atoms with Crippen molar-refractivity contribution < 1.29 is 14.8 Å². The van der Waals surface area contributed by atoms with Crippen molar-refractivity contribution in [3.05, 3.63) is 34.1 Å².